The molecule has 0 N–H and O–H groups in total. The van der Waals surface area contributed by atoms with Crippen molar-refractivity contribution in [1.29, 1.82) is 0 Å². The highest BCUT2D eigenvalue weighted by Gasteiger charge is 2.27. The van der Waals surface area contributed by atoms with E-state index < -0.39 is 0 Å². The first-order valence-electron chi connectivity index (χ1n) is 4.80. The summed E-state index contributed by atoms with van der Waals surface area (Å²) in [6.45, 7) is 11.1. The second-order valence-corrected chi connectivity index (χ2v) is 3.86. The van der Waals surface area contributed by atoms with Crippen LogP contribution in [0, 0.1) is 5.92 Å². The fourth-order valence-electron chi connectivity index (χ4n) is 1.57. The molecule has 1 fully saturated rings. The fraction of sp³-hybridized carbons (Fsp3) is 0.700. The van der Waals surface area contributed by atoms with Crippen LogP contribution in [0.25, 0.3) is 0 Å². The molecule has 0 unspecified atom stereocenters. The normalized spacial score (nSPS) is 17.3. The highest BCUT2D eigenvalue weighted by molar-refractivity contribution is 5.76. The van der Waals surface area contributed by atoms with Crippen LogP contribution in [0.15, 0.2) is 12.7 Å². The van der Waals surface area contributed by atoms with E-state index in [4.69, 9.17) is 0 Å². The van der Waals surface area contributed by atoms with E-state index in [1.165, 1.54) is 0 Å². The Kier molecular flexibility index (Phi) is 3.34. The standard InChI is InChI=1S/C10H18N2O/c1-4-5-11-6-7-12(10(11)13)8-9(2)3/h4,9H,1,5-8H2,2-3H3. The topological polar surface area (TPSA) is 23.6 Å². The number of urea groups is 1. The van der Waals surface area contributed by atoms with Crippen molar-refractivity contribution in [3.63, 3.8) is 0 Å². The van der Waals surface area contributed by atoms with Crippen LogP contribution in [0.2, 0.25) is 0 Å². The van der Waals surface area contributed by atoms with Crippen molar-refractivity contribution in [2.45, 2.75) is 13.8 Å². The minimum absolute atomic E-state index is 0.161. The van der Waals surface area contributed by atoms with Gasteiger partial charge >= 0.3 is 6.03 Å². The molecule has 0 bridgehead atoms. The molecule has 0 atom stereocenters. The van der Waals surface area contributed by atoms with E-state index in [9.17, 15) is 4.79 Å². The van der Waals surface area contributed by atoms with Crippen molar-refractivity contribution in [2.24, 2.45) is 5.92 Å². The Morgan fingerprint density at radius 2 is 2.08 bits per heavy atom. The monoisotopic (exact) mass is 182 g/mol. The quantitative estimate of drug-likeness (QED) is 0.605. The molecule has 0 aliphatic carbocycles. The first-order valence-corrected chi connectivity index (χ1v) is 4.80. The third-order valence-corrected chi connectivity index (χ3v) is 2.12. The number of nitrogens with zero attached hydrogens (tertiary/aromatic N) is 2. The van der Waals surface area contributed by atoms with Crippen LogP contribution in [0.3, 0.4) is 0 Å². The zero-order valence-electron chi connectivity index (χ0n) is 8.49. The lowest BCUT2D eigenvalue weighted by Gasteiger charge is -2.19. The van der Waals surface area contributed by atoms with Crippen molar-refractivity contribution in [2.75, 3.05) is 26.2 Å². The SMILES string of the molecule is C=CCN1CCN(CC(C)C)C1=O. The Morgan fingerprint density at radius 3 is 2.62 bits per heavy atom. The number of carbonyl (C=O) groups excluding carboxylic acids is 1. The Hall–Kier alpha value is -0.990. The molecule has 0 aromatic heterocycles. The van der Waals surface area contributed by atoms with E-state index in [0.717, 1.165) is 19.6 Å². The molecule has 0 aromatic carbocycles. The minimum Gasteiger partial charge on any atom is -0.323 e. The lowest BCUT2D eigenvalue weighted by atomic mass is 10.2. The number of amides is 2. The summed E-state index contributed by atoms with van der Waals surface area (Å²) >= 11 is 0. The van der Waals surface area contributed by atoms with Gasteiger partial charge in [-0.25, -0.2) is 4.79 Å². The van der Waals surface area contributed by atoms with E-state index in [-0.39, 0.29) is 6.03 Å². The van der Waals surface area contributed by atoms with Crippen LogP contribution in [0.5, 0.6) is 0 Å². The number of carbonyl (C=O) groups is 1. The zero-order valence-corrected chi connectivity index (χ0v) is 8.49. The molecule has 0 saturated carbocycles. The van der Waals surface area contributed by atoms with Crippen LogP contribution in [-0.4, -0.2) is 42.0 Å². The van der Waals surface area contributed by atoms with Crippen molar-refractivity contribution in [1.82, 2.24) is 9.80 Å². The predicted octanol–water partition coefficient (Wildman–Crippen LogP) is 1.57. The summed E-state index contributed by atoms with van der Waals surface area (Å²) in [7, 11) is 0. The van der Waals surface area contributed by atoms with Gasteiger partial charge in [-0.3, -0.25) is 0 Å². The fourth-order valence-corrected chi connectivity index (χ4v) is 1.57. The van der Waals surface area contributed by atoms with E-state index >= 15 is 0 Å². The number of hydrogen-bond donors (Lipinski definition) is 0. The van der Waals surface area contributed by atoms with Gasteiger partial charge in [-0.15, -0.1) is 6.58 Å². The van der Waals surface area contributed by atoms with Gasteiger partial charge in [0.2, 0.25) is 0 Å². The molecule has 0 spiro atoms. The summed E-state index contributed by atoms with van der Waals surface area (Å²) in [5, 5.41) is 0. The Morgan fingerprint density at radius 1 is 1.46 bits per heavy atom. The third-order valence-electron chi connectivity index (χ3n) is 2.12. The van der Waals surface area contributed by atoms with Gasteiger partial charge in [0.25, 0.3) is 0 Å². The van der Waals surface area contributed by atoms with Gasteiger partial charge in [-0.05, 0) is 5.92 Å². The average Bonchev–Trinajstić information content (AvgIpc) is 2.36. The molecule has 13 heavy (non-hydrogen) atoms. The second-order valence-electron chi connectivity index (χ2n) is 3.86. The van der Waals surface area contributed by atoms with Gasteiger partial charge in [-0.1, -0.05) is 19.9 Å². The van der Waals surface area contributed by atoms with Crippen molar-refractivity contribution in [3.8, 4) is 0 Å². The summed E-state index contributed by atoms with van der Waals surface area (Å²) in [6, 6.07) is 0.161. The molecular formula is C10H18N2O. The molecule has 0 radical (unpaired) electrons. The first-order chi connectivity index (χ1) is 6.15. The van der Waals surface area contributed by atoms with E-state index in [2.05, 4.69) is 20.4 Å². The molecule has 2 amide bonds. The lowest BCUT2D eigenvalue weighted by molar-refractivity contribution is 0.191. The molecule has 1 saturated heterocycles. The smallest absolute Gasteiger partial charge is 0.320 e. The molecule has 1 aliphatic heterocycles. The van der Waals surface area contributed by atoms with E-state index in [1.807, 2.05) is 9.80 Å². The highest BCUT2D eigenvalue weighted by atomic mass is 16.2. The Balaban J connectivity index is 2.45. The number of rotatable bonds is 4. The third kappa shape index (κ3) is 2.47. The average molecular weight is 182 g/mol. The lowest BCUT2D eigenvalue weighted by Crippen LogP contribution is -2.34. The van der Waals surface area contributed by atoms with Gasteiger partial charge in [0, 0.05) is 26.2 Å². The zero-order chi connectivity index (χ0) is 9.84. The van der Waals surface area contributed by atoms with Crippen LogP contribution >= 0.6 is 0 Å². The molecule has 1 aliphatic rings. The summed E-state index contributed by atoms with van der Waals surface area (Å²) in [6.07, 6.45) is 1.77. The predicted molar refractivity (Wildman–Crippen MR) is 53.6 cm³/mol. The maximum atomic E-state index is 11.6. The summed E-state index contributed by atoms with van der Waals surface area (Å²) in [5.74, 6) is 0.549. The van der Waals surface area contributed by atoms with E-state index in [0.29, 0.717) is 12.5 Å². The highest BCUT2D eigenvalue weighted by Crippen LogP contribution is 2.10. The van der Waals surface area contributed by atoms with Crippen LogP contribution < -0.4 is 0 Å². The molecule has 3 heteroatoms. The van der Waals surface area contributed by atoms with Gasteiger partial charge in [0.15, 0.2) is 0 Å². The second kappa shape index (κ2) is 4.30. The van der Waals surface area contributed by atoms with Gasteiger partial charge in [0.05, 0.1) is 0 Å². The molecule has 1 heterocycles. The van der Waals surface area contributed by atoms with Crippen LogP contribution in [0.4, 0.5) is 4.79 Å². The Bertz CT molecular complexity index is 201. The van der Waals surface area contributed by atoms with Crippen molar-refractivity contribution < 1.29 is 4.79 Å². The van der Waals surface area contributed by atoms with Crippen molar-refractivity contribution in [3.05, 3.63) is 12.7 Å². The minimum atomic E-state index is 0.161. The molecule has 0 aromatic rings. The Labute approximate surface area is 80.0 Å². The number of hydrogen-bond acceptors (Lipinski definition) is 1. The maximum absolute atomic E-state index is 11.6. The molecule has 3 nitrogen and oxygen atoms in total. The maximum Gasteiger partial charge on any atom is 0.320 e. The summed E-state index contributed by atoms with van der Waals surface area (Å²) < 4.78 is 0. The van der Waals surface area contributed by atoms with Gasteiger partial charge in [-0.2, -0.15) is 0 Å². The van der Waals surface area contributed by atoms with Gasteiger partial charge in [0.1, 0.15) is 0 Å². The van der Waals surface area contributed by atoms with Crippen LogP contribution in [-0.2, 0) is 0 Å². The van der Waals surface area contributed by atoms with Crippen molar-refractivity contribution >= 4 is 6.03 Å². The van der Waals surface area contributed by atoms with E-state index in [1.54, 1.807) is 6.08 Å². The largest absolute Gasteiger partial charge is 0.323 e. The van der Waals surface area contributed by atoms with Gasteiger partial charge < -0.3 is 9.80 Å². The van der Waals surface area contributed by atoms with Crippen LogP contribution in [0.1, 0.15) is 13.8 Å². The summed E-state index contributed by atoms with van der Waals surface area (Å²) in [5.41, 5.74) is 0. The molecule has 1 rings (SSSR count). The first kappa shape index (κ1) is 10.1. The molecular weight excluding hydrogens is 164 g/mol. The summed E-state index contributed by atoms with van der Waals surface area (Å²) in [4.78, 5) is 15.4. The molecule has 74 valence electrons.